The number of aromatic nitrogens is 1. The lowest BCUT2D eigenvalue weighted by Gasteiger charge is -2.00. The van der Waals surface area contributed by atoms with Crippen LogP contribution in [0.4, 0.5) is 0 Å². The molecule has 3 nitrogen and oxygen atoms in total. The predicted molar refractivity (Wildman–Crippen MR) is 58.9 cm³/mol. The van der Waals surface area contributed by atoms with Gasteiger partial charge in [-0.25, -0.2) is 4.98 Å². The van der Waals surface area contributed by atoms with E-state index in [9.17, 15) is 5.11 Å². The number of thiazole rings is 1. The molecule has 0 amide bonds. The minimum Gasteiger partial charge on any atom is -0.508 e. The largest absolute Gasteiger partial charge is 0.508 e. The van der Waals surface area contributed by atoms with Crippen molar-refractivity contribution in [3.63, 3.8) is 0 Å². The van der Waals surface area contributed by atoms with Crippen LogP contribution in [0.2, 0.25) is 0 Å². The fourth-order valence-electron chi connectivity index (χ4n) is 1.33. The summed E-state index contributed by atoms with van der Waals surface area (Å²) in [6.07, 6.45) is 0.608. The van der Waals surface area contributed by atoms with Gasteiger partial charge in [-0.3, -0.25) is 0 Å². The molecule has 0 bridgehead atoms. The summed E-state index contributed by atoms with van der Waals surface area (Å²) in [5, 5.41) is 21.2. The van der Waals surface area contributed by atoms with Gasteiger partial charge >= 0.3 is 0 Å². The number of aliphatic hydroxyl groups excluding tert-OH is 1. The molecule has 0 fully saturated rings. The second-order valence-electron chi connectivity index (χ2n) is 3.20. The average Bonchev–Trinajstić information content (AvgIpc) is 2.69. The van der Waals surface area contributed by atoms with Gasteiger partial charge in [0.25, 0.3) is 0 Å². The Bertz CT molecular complexity index is 453. The lowest BCUT2D eigenvalue weighted by atomic mass is 10.1. The summed E-state index contributed by atoms with van der Waals surface area (Å²) in [7, 11) is 0. The van der Waals surface area contributed by atoms with E-state index in [1.165, 1.54) is 11.3 Å². The van der Waals surface area contributed by atoms with Crippen LogP contribution in [0.1, 0.15) is 16.3 Å². The number of benzene rings is 1. The Morgan fingerprint density at radius 3 is 2.73 bits per heavy atom. The van der Waals surface area contributed by atoms with Crippen molar-refractivity contribution in [2.45, 2.75) is 13.0 Å². The first-order valence-electron chi connectivity index (χ1n) is 4.60. The van der Waals surface area contributed by atoms with Gasteiger partial charge in [0.05, 0.1) is 17.3 Å². The number of phenols is 1. The number of aromatic hydroxyl groups is 1. The summed E-state index contributed by atoms with van der Waals surface area (Å²) < 4.78 is 0. The maximum absolute atomic E-state index is 9.56. The van der Waals surface area contributed by atoms with Gasteiger partial charge in [-0.05, 0) is 6.07 Å². The zero-order valence-corrected chi connectivity index (χ0v) is 8.87. The van der Waals surface area contributed by atoms with Crippen molar-refractivity contribution < 1.29 is 10.2 Å². The van der Waals surface area contributed by atoms with Crippen LogP contribution >= 0.6 is 11.3 Å². The van der Waals surface area contributed by atoms with E-state index in [4.69, 9.17) is 5.11 Å². The summed E-state index contributed by atoms with van der Waals surface area (Å²) in [5.74, 6) is 0.290. The van der Waals surface area contributed by atoms with Crippen LogP contribution in [0, 0.1) is 0 Å². The number of rotatable bonds is 3. The normalized spacial score (nSPS) is 10.5. The van der Waals surface area contributed by atoms with Crippen LogP contribution in [0.3, 0.4) is 0 Å². The van der Waals surface area contributed by atoms with Crippen molar-refractivity contribution in [2.75, 3.05) is 0 Å². The first kappa shape index (κ1) is 10.1. The van der Waals surface area contributed by atoms with Gasteiger partial charge in [0, 0.05) is 17.4 Å². The van der Waals surface area contributed by atoms with Gasteiger partial charge in [0.15, 0.2) is 0 Å². The third-order valence-electron chi connectivity index (χ3n) is 2.09. The summed E-state index contributed by atoms with van der Waals surface area (Å²) >= 11 is 1.50. The summed E-state index contributed by atoms with van der Waals surface area (Å²) in [6, 6.07) is 7.21. The first-order chi connectivity index (χ1) is 7.29. The van der Waals surface area contributed by atoms with Gasteiger partial charge in [-0.2, -0.15) is 0 Å². The summed E-state index contributed by atoms with van der Waals surface area (Å²) in [5.41, 5.74) is 1.54. The zero-order chi connectivity index (χ0) is 10.7. The van der Waals surface area contributed by atoms with Gasteiger partial charge in [-0.15, -0.1) is 11.3 Å². The first-order valence-corrected chi connectivity index (χ1v) is 5.48. The minimum atomic E-state index is -0.0305. The minimum absolute atomic E-state index is 0.0305. The SMILES string of the molecule is OCc1csc(Cc2ccccc2O)n1. The second-order valence-corrected chi connectivity index (χ2v) is 4.14. The highest BCUT2D eigenvalue weighted by Gasteiger charge is 2.05. The Labute approximate surface area is 91.7 Å². The number of hydrogen-bond donors (Lipinski definition) is 2. The molecule has 15 heavy (non-hydrogen) atoms. The topological polar surface area (TPSA) is 53.4 Å². The molecule has 0 atom stereocenters. The molecule has 4 heteroatoms. The van der Waals surface area contributed by atoms with Crippen molar-refractivity contribution in [1.82, 2.24) is 4.98 Å². The summed E-state index contributed by atoms with van der Waals surface area (Å²) in [6.45, 7) is -0.0305. The number of nitrogens with zero attached hydrogens (tertiary/aromatic N) is 1. The van der Waals surface area contributed by atoms with E-state index in [2.05, 4.69) is 4.98 Å². The lowest BCUT2D eigenvalue weighted by molar-refractivity contribution is 0.277. The van der Waals surface area contributed by atoms with Crippen molar-refractivity contribution in [3.8, 4) is 5.75 Å². The van der Waals surface area contributed by atoms with E-state index < -0.39 is 0 Å². The molecule has 0 unspecified atom stereocenters. The van der Waals surface area contributed by atoms with E-state index in [1.807, 2.05) is 17.5 Å². The Hall–Kier alpha value is -1.39. The number of para-hydroxylation sites is 1. The molecular formula is C11H11NO2S. The molecule has 1 heterocycles. The highest BCUT2D eigenvalue weighted by molar-refractivity contribution is 7.09. The molecule has 1 aromatic heterocycles. The standard InChI is InChI=1S/C11H11NO2S/c13-6-9-7-15-11(12-9)5-8-3-1-2-4-10(8)14/h1-4,7,13-14H,5-6H2. The van der Waals surface area contributed by atoms with E-state index in [0.717, 1.165) is 10.6 Å². The Morgan fingerprint density at radius 1 is 1.27 bits per heavy atom. The lowest BCUT2D eigenvalue weighted by Crippen LogP contribution is -1.89. The quantitative estimate of drug-likeness (QED) is 0.832. The van der Waals surface area contributed by atoms with Crippen LogP contribution < -0.4 is 0 Å². The van der Waals surface area contributed by atoms with Gasteiger partial charge in [0.2, 0.25) is 0 Å². The zero-order valence-electron chi connectivity index (χ0n) is 8.05. The molecule has 2 N–H and O–H groups in total. The average molecular weight is 221 g/mol. The van der Waals surface area contributed by atoms with Crippen molar-refractivity contribution in [1.29, 1.82) is 0 Å². The van der Waals surface area contributed by atoms with E-state index in [-0.39, 0.29) is 6.61 Å². The van der Waals surface area contributed by atoms with E-state index in [0.29, 0.717) is 17.9 Å². The van der Waals surface area contributed by atoms with Gasteiger partial charge < -0.3 is 10.2 Å². The van der Waals surface area contributed by atoms with Crippen molar-refractivity contribution >= 4 is 11.3 Å². The fraction of sp³-hybridized carbons (Fsp3) is 0.182. The molecular weight excluding hydrogens is 210 g/mol. The highest BCUT2D eigenvalue weighted by Crippen LogP contribution is 2.21. The van der Waals surface area contributed by atoms with Crippen LogP contribution in [0.15, 0.2) is 29.6 Å². The third-order valence-corrected chi connectivity index (χ3v) is 2.99. The Balaban J connectivity index is 2.18. The number of phenolic OH excluding ortho intramolecular Hbond substituents is 1. The number of aliphatic hydroxyl groups is 1. The molecule has 1 aromatic carbocycles. The Kier molecular flexibility index (Phi) is 2.99. The smallest absolute Gasteiger partial charge is 0.119 e. The van der Waals surface area contributed by atoms with Crippen LogP contribution in [-0.2, 0) is 13.0 Å². The highest BCUT2D eigenvalue weighted by atomic mass is 32.1. The maximum atomic E-state index is 9.56. The molecule has 78 valence electrons. The molecule has 0 spiro atoms. The molecule has 0 aliphatic rings. The van der Waals surface area contributed by atoms with Crippen molar-refractivity contribution in [3.05, 3.63) is 45.9 Å². The molecule has 2 rings (SSSR count). The van der Waals surface area contributed by atoms with E-state index in [1.54, 1.807) is 12.1 Å². The second kappa shape index (κ2) is 4.42. The molecule has 0 aliphatic heterocycles. The van der Waals surface area contributed by atoms with Crippen LogP contribution in [-0.4, -0.2) is 15.2 Å². The summed E-state index contributed by atoms with van der Waals surface area (Å²) in [4.78, 5) is 4.22. The molecule has 0 saturated carbocycles. The third kappa shape index (κ3) is 2.34. The van der Waals surface area contributed by atoms with Crippen LogP contribution in [0.5, 0.6) is 5.75 Å². The molecule has 0 saturated heterocycles. The Morgan fingerprint density at radius 2 is 2.07 bits per heavy atom. The monoisotopic (exact) mass is 221 g/mol. The molecule has 0 radical (unpaired) electrons. The molecule has 0 aliphatic carbocycles. The number of hydrogen-bond acceptors (Lipinski definition) is 4. The van der Waals surface area contributed by atoms with Gasteiger partial charge in [-0.1, -0.05) is 18.2 Å². The predicted octanol–water partition coefficient (Wildman–Crippen LogP) is 1.93. The van der Waals surface area contributed by atoms with Crippen LogP contribution in [0.25, 0.3) is 0 Å². The maximum Gasteiger partial charge on any atom is 0.119 e. The molecule has 2 aromatic rings. The van der Waals surface area contributed by atoms with Crippen molar-refractivity contribution in [2.24, 2.45) is 0 Å². The van der Waals surface area contributed by atoms with E-state index >= 15 is 0 Å². The fourth-order valence-corrected chi connectivity index (χ4v) is 2.13. The van der Waals surface area contributed by atoms with Gasteiger partial charge in [0.1, 0.15) is 5.75 Å².